The van der Waals surface area contributed by atoms with E-state index in [1.807, 2.05) is 19.1 Å². The van der Waals surface area contributed by atoms with Gasteiger partial charge < -0.3 is 10.6 Å². The van der Waals surface area contributed by atoms with Gasteiger partial charge in [-0.05, 0) is 42.8 Å². The van der Waals surface area contributed by atoms with Crippen molar-refractivity contribution in [3.8, 4) is 0 Å². The van der Waals surface area contributed by atoms with Crippen LogP contribution in [0.3, 0.4) is 0 Å². The number of carbonyl (C=O) groups excluding carboxylic acids is 2. The molecular formula is C20H20N4O2. The van der Waals surface area contributed by atoms with Gasteiger partial charge in [-0.15, -0.1) is 0 Å². The van der Waals surface area contributed by atoms with Gasteiger partial charge in [0.1, 0.15) is 0 Å². The first kappa shape index (κ1) is 17.5. The lowest BCUT2D eigenvalue weighted by atomic mass is 10.1. The highest BCUT2D eigenvalue weighted by Gasteiger charge is 2.24. The van der Waals surface area contributed by atoms with E-state index in [1.165, 1.54) is 0 Å². The molecule has 26 heavy (non-hydrogen) atoms. The number of hydrogen-bond donors (Lipinski definition) is 2. The minimum absolute atomic E-state index is 0.277. The molecule has 1 atom stereocenters. The minimum atomic E-state index is -0.847. The number of aromatic nitrogens is 2. The Kier molecular flexibility index (Phi) is 5.53. The van der Waals surface area contributed by atoms with Gasteiger partial charge in [0.15, 0.2) is 6.04 Å². The lowest BCUT2D eigenvalue weighted by Gasteiger charge is -2.18. The first-order valence-corrected chi connectivity index (χ1v) is 8.53. The van der Waals surface area contributed by atoms with E-state index in [2.05, 4.69) is 20.6 Å². The summed E-state index contributed by atoms with van der Waals surface area (Å²) in [6, 6.07) is 13.4. The third kappa shape index (κ3) is 4.03. The van der Waals surface area contributed by atoms with Crippen molar-refractivity contribution < 1.29 is 9.59 Å². The van der Waals surface area contributed by atoms with E-state index < -0.39 is 6.04 Å². The Bertz CT molecular complexity index is 912. The van der Waals surface area contributed by atoms with Crippen LogP contribution in [0.5, 0.6) is 0 Å². The summed E-state index contributed by atoms with van der Waals surface area (Å²) in [5, 5.41) is 6.47. The predicted molar refractivity (Wildman–Crippen MR) is 99.5 cm³/mol. The summed E-state index contributed by atoms with van der Waals surface area (Å²) in [4.78, 5) is 33.7. The summed E-state index contributed by atoms with van der Waals surface area (Å²) in [5.41, 5.74) is 1.78. The fraction of sp³-hybridized carbons (Fsp3) is 0.200. The van der Waals surface area contributed by atoms with Gasteiger partial charge in [0, 0.05) is 29.9 Å². The van der Waals surface area contributed by atoms with Crippen LogP contribution in [0, 0.1) is 0 Å². The molecule has 0 aliphatic heterocycles. The van der Waals surface area contributed by atoms with Crippen LogP contribution in [0.25, 0.3) is 10.9 Å². The largest absolute Gasteiger partial charge is 0.354 e. The smallest absolute Gasteiger partial charge is 0.252 e. The molecule has 0 bridgehead atoms. The van der Waals surface area contributed by atoms with E-state index in [0.717, 1.165) is 17.3 Å². The first-order chi connectivity index (χ1) is 12.7. The number of nitrogens with one attached hydrogen (secondary N) is 2. The quantitative estimate of drug-likeness (QED) is 0.717. The summed E-state index contributed by atoms with van der Waals surface area (Å²) in [6.45, 7) is 2.51. The van der Waals surface area contributed by atoms with Gasteiger partial charge in [0.25, 0.3) is 5.91 Å². The molecule has 2 N–H and O–H groups in total. The second-order valence-electron chi connectivity index (χ2n) is 5.86. The Hall–Kier alpha value is -3.28. The standard InChI is InChI=1S/C20H20N4O2/c1-2-10-23-20(26)18(17-7-3-4-11-22-17)24-19(25)15-8-9-16-14(13-15)6-5-12-21-16/h3-9,11-13,18H,2,10H2,1H3,(H,23,26)(H,24,25). The van der Waals surface area contributed by atoms with E-state index in [1.54, 1.807) is 48.8 Å². The molecule has 6 nitrogen and oxygen atoms in total. The number of carbonyl (C=O) groups is 2. The van der Waals surface area contributed by atoms with Crippen molar-refractivity contribution in [3.05, 3.63) is 72.2 Å². The van der Waals surface area contributed by atoms with Gasteiger partial charge in [-0.3, -0.25) is 19.6 Å². The van der Waals surface area contributed by atoms with Crippen LogP contribution in [-0.4, -0.2) is 28.3 Å². The van der Waals surface area contributed by atoms with Gasteiger partial charge in [0.2, 0.25) is 5.91 Å². The highest BCUT2D eigenvalue weighted by molar-refractivity contribution is 6.00. The Labute approximate surface area is 151 Å². The molecule has 0 saturated heterocycles. The second-order valence-corrected chi connectivity index (χ2v) is 5.86. The first-order valence-electron chi connectivity index (χ1n) is 8.53. The van der Waals surface area contributed by atoms with E-state index >= 15 is 0 Å². The predicted octanol–water partition coefficient (Wildman–Crippen LogP) is 2.63. The van der Waals surface area contributed by atoms with Crippen molar-refractivity contribution in [1.29, 1.82) is 0 Å². The topological polar surface area (TPSA) is 84.0 Å². The van der Waals surface area contributed by atoms with Crippen LogP contribution in [0.2, 0.25) is 0 Å². The van der Waals surface area contributed by atoms with Crippen LogP contribution >= 0.6 is 0 Å². The lowest BCUT2D eigenvalue weighted by molar-refractivity contribution is -0.123. The molecule has 0 fully saturated rings. The summed E-state index contributed by atoms with van der Waals surface area (Å²) >= 11 is 0. The van der Waals surface area contributed by atoms with Gasteiger partial charge in [-0.2, -0.15) is 0 Å². The van der Waals surface area contributed by atoms with Gasteiger partial charge in [-0.1, -0.05) is 19.1 Å². The highest BCUT2D eigenvalue weighted by atomic mass is 16.2. The molecule has 6 heteroatoms. The fourth-order valence-electron chi connectivity index (χ4n) is 2.60. The maximum Gasteiger partial charge on any atom is 0.252 e. The summed E-state index contributed by atoms with van der Waals surface area (Å²) in [5.74, 6) is -0.612. The maximum absolute atomic E-state index is 12.7. The van der Waals surface area contributed by atoms with Crippen molar-refractivity contribution in [2.75, 3.05) is 6.54 Å². The highest BCUT2D eigenvalue weighted by Crippen LogP contribution is 2.15. The molecule has 0 radical (unpaired) electrons. The molecule has 0 spiro atoms. The fourth-order valence-corrected chi connectivity index (χ4v) is 2.60. The molecule has 2 amide bonds. The molecule has 2 heterocycles. The molecule has 3 rings (SSSR count). The number of rotatable bonds is 6. The molecule has 1 aromatic carbocycles. The molecule has 0 aliphatic carbocycles. The van der Waals surface area contributed by atoms with Gasteiger partial charge in [0.05, 0.1) is 11.2 Å². The minimum Gasteiger partial charge on any atom is -0.354 e. The maximum atomic E-state index is 12.7. The van der Waals surface area contributed by atoms with E-state index in [0.29, 0.717) is 17.8 Å². The third-order valence-electron chi connectivity index (χ3n) is 3.94. The van der Waals surface area contributed by atoms with Crippen LogP contribution in [0.1, 0.15) is 35.4 Å². The lowest BCUT2D eigenvalue weighted by Crippen LogP contribution is -2.41. The number of benzene rings is 1. The van der Waals surface area contributed by atoms with Crippen LogP contribution in [-0.2, 0) is 4.79 Å². The van der Waals surface area contributed by atoms with Gasteiger partial charge >= 0.3 is 0 Å². The van der Waals surface area contributed by atoms with E-state index in [9.17, 15) is 9.59 Å². The third-order valence-corrected chi connectivity index (χ3v) is 3.94. The zero-order chi connectivity index (χ0) is 18.4. The van der Waals surface area contributed by atoms with Crippen molar-refractivity contribution in [1.82, 2.24) is 20.6 Å². The molecule has 132 valence electrons. The monoisotopic (exact) mass is 348 g/mol. The van der Waals surface area contributed by atoms with E-state index in [4.69, 9.17) is 0 Å². The summed E-state index contributed by atoms with van der Waals surface area (Å²) in [7, 11) is 0. The average molecular weight is 348 g/mol. The van der Waals surface area contributed by atoms with Gasteiger partial charge in [-0.25, -0.2) is 0 Å². The number of pyridine rings is 2. The number of nitrogens with zero attached hydrogens (tertiary/aromatic N) is 2. The molecule has 0 aliphatic rings. The summed E-state index contributed by atoms with van der Waals surface area (Å²) < 4.78 is 0. The van der Waals surface area contributed by atoms with E-state index in [-0.39, 0.29) is 11.8 Å². The molecular weight excluding hydrogens is 328 g/mol. The molecule has 3 aromatic rings. The zero-order valence-corrected chi connectivity index (χ0v) is 14.5. The Morgan fingerprint density at radius 3 is 2.65 bits per heavy atom. The molecule has 2 aromatic heterocycles. The summed E-state index contributed by atoms with van der Waals surface area (Å²) in [6.07, 6.45) is 4.12. The molecule has 0 saturated carbocycles. The van der Waals surface area contributed by atoms with Crippen molar-refractivity contribution in [2.24, 2.45) is 0 Å². The van der Waals surface area contributed by atoms with Crippen molar-refractivity contribution in [3.63, 3.8) is 0 Å². The van der Waals surface area contributed by atoms with Crippen LogP contribution in [0.15, 0.2) is 60.9 Å². The van der Waals surface area contributed by atoms with Crippen molar-refractivity contribution >= 4 is 22.7 Å². The number of amides is 2. The Morgan fingerprint density at radius 2 is 1.88 bits per heavy atom. The SMILES string of the molecule is CCCNC(=O)C(NC(=O)c1ccc2ncccc2c1)c1ccccn1. The van der Waals surface area contributed by atoms with Crippen molar-refractivity contribution in [2.45, 2.75) is 19.4 Å². The second kappa shape index (κ2) is 8.20. The Morgan fingerprint density at radius 1 is 1.04 bits per heavy atom. The van der Waals surface area contributed by atoms with Crippen LogP contribution in [0.4, 0.5) is 0 Å². The number of fused-ring (bicyclic) bond motifs is 1. The normalized spacial score (nSPS) is 11.7. The van der Waals surface area contributed by atoms with Crippen LogP contribution < -0.4 is 10.6 Å². The average Bonchev–Trinajstić information content (AvgIpc) is 2.70. The molecule has 1 unspecified atom stereocenters. The zero-order valence-electron chi connectivity index (χ0n) is 14.5. The number of hydrogen-bond acceptors (Lipinski definition) is 4. The Balaban J connectivity index is 1.84.